The molecule has 0 atom stereocenters. The largest absolute Gasteiger partial charge is 0.462 e. The molecule has 0 spiro atoms. The van der Waals surface area contributed by atoms with Crippen LogP contribution in [0.15, 0.2) is 65.6 Å². The van der Waals surface area contributed by atoms with Crippen LogP contribution in [-0.2, 0) is 14.8 Å². The second-order valence-corrected chi connectivity index (χ2v) is 10.4. The molecule has 180 valence electrons. The highest BCUT2D eigenvalue weighted by Gasteiger charge is 2.24. The zero-order valence-corrected chi connectivity index (χ0v) is 20.9. The first-order valence-electron chi connectivity index (χ1n) is 10.8. The molecule has 2 aromatic heterocycles. The molecule has 2 N–H and O–H groups in total. The van der Waals surface area contributed by atoms with Crippen molar-refractivity contribution in [3.63, 3.8) is 0 Å². The fourth-order valence-electron chi connectivity index (χ4n) is 3.59. The van der Waals surface area contributed by atoms with Gasteiger partial charge in [0.05, 0.1) is 17.2 Å². The lowest BCUT2D eigenvalue weighted by atomic mass is 10.1. The number of nitrogens with zero attached hydrogens (tertiary/aromatic N) is 1. The second kappa shape index (κ2) is 9.85. The van der Waals surface area contributed by atoms with E-state index in [9.17, 15) is 18.0 Å². The lowest BCUT2D eigenvalue weighted by Crippen LogP contribution is -2.15. The Labute approximate surface area is 207 Å². The van der Waals surface area contributed by atoms with Crippen LogP contribution in [0, 0.1) is 13.8 Å². The molecule has 0 fully saturated rings. The summed E-state index contributed by atoms with van der Waals surface area (Å²) in [5.41, 5.74) is 2.64. The second-order valence-electron chi connectivity index (χ2n) is 7.74. The summed E-state index contributed by atoms with van der Waals surface area (Å²) in [6.45, 7) is 5.67. The normalized spacial score (nSPS) is 11.3. The Morgan fingerprint density at radius 1 is 1.03 bits per heavy atom. The number of aromatic nitrogens is 1. The Kier molecular flexibility index (Phi) is 6.86. The van der Waals surface area contributed by atoms with Crippen LogP contribution in [0.1, 0.15) is 38.2 Å². The predicted octanol–water partition coefficient (Wildman–Crippen LogP) is 5.14. The van der Waals surface area contributed by atoms with Gasteiger partial charge in [-0.05, 0) is 68.8 Å². The summed E-state index contributed by atoms with van der Waals surface area (Å²) >= 11 is 1.17. The first-order valence-corrected chi connectivity index (χ1v) is 13.1. The van der Waals surface area contributed by atoms with E-state index in [1.165, 1.54) is 47.7 Å². The summed E-state index contributed by atoms with van der Waals surface area (Å²) in [7, 11) is -3.75. The van der Waals surface area contributed by atoms with Crippen LogP contribution < -0.4 is 10.0 Å². The molecule has 0 bridgehead atoms. The van der Waals surface area contributed by atoms with Gasteiger partial charge in [0.25, 0.3) is 15.9 Å². The van der Waals surface area contributed by atoms with Crippen LogP contribution in [0.5, 0.6) is 0 Å². The molecule has 2 aromatic carbocycles. The summed E-state index contributed by atoms with van der Waals surface area (Å²) < 4.78 is 32.7. The number of sulfonamides is 1. The number of amides is 1. The average molecular weight is 510 g/mol. The van der Waals surface area contributed by atoms with Crippen molar-refractivity contribution in [1.82, 2.24) is 4.98 Å². The molecule has 4 aromatic rings. The number of anilines is 2. The number of benzene rings is 2. The topological polar surface area (TPSA) is 114 Å². The summed E-state index contributed by atoms with van der Waals surface area (Å²) in [6, 6.07) is 15.9. The van der Waals surface area contributed by atoms with Crippen molar-refractivity contribution in [2.45, 2.75) is 25.7 Å². The molecule has 10 heteroatoms. The first kappa shape index (κ1) is 24.4. The predicted molar refractivity (Wildman–Crippen MR) is 137 cm³/mol. The van der Waals surface area contributed by atoms with E-state index in [0.29, 0.717) is 27.2 Å². The van der Waals surface area contributed by atoms with E-state index in [1.807, 2.05) is 19.9 Å². The number of nitrogens with one attached hydrogen (secondary N) is 2. The molecule has 35 heavy (non-hydrogen) atoms. The first-order chi connectivity index (χ1) is 16.7. The number of carbonyl (C=O) groups excluding carboxylic acids is 2. The van der Waals surface area contributed by atoms with Crippen LogP contribution in [0.3, 0.4) is 0 Å². The van der Waals surface area contributed by atoms with Crippen molar-refractivity contribution in [3.05, 3.63) is 82.4 Å². The van der Waals surface area contributed by atoms with Crippen LogP contribution >= 0.6 is 11.3 Å². The third kappa shape index (κ3) is 5.18. The van der Waals surface area contributed by atoms with Gasteiger partial charge in [0.2, 0.25) is 0 Å². The van der Waals surface area contributed by atoms with Gasteiger partial charge in [0.15, 0.2) is 0 Å². The van der Waals surface area contributed by atoms with E-state index in [2.05, 4.69) is 15.0 Å². The number of ether oxygens (including phenoxy) is 1. The van der Waals surface area contributed by atoms with Gasteiger partial charge in [0.1, 0.15) is 9.71 Å². The highest BCUT2D eigenvalue weighted by atomic mass is 32.2. The summed E-state index contributed by atoms with van der Waals surface area (Å²) in [6.07, 6.45) is 0. The third-order valence-electron chi connectivity index (χ3n) is 5.14. The maximum Gasteiger partial charge on any atom is 0.350 e. The van der Waals surface area contributed by atoms with Gasteiger partial charge in [0, 0.05) is 22.3 Å². The fraction of sp³-hybridized carbons (Fsp3) is 0.160. The SMILES string of the molecule is CCOC(=O)c1sc2nc(C)cc(C)c2c1NC(=O)c1ccc(NS(=O)(=O)c2ccccc2)cc1. The number of fused-ring (bicyclic) bond motifs is 1. The number of aryl methyl sites for hydroxylation is 2. The van der Waals surface area contributed by atoms with E-state index in [4.69, 9.17) is 4.74 Å². The molecule has 0 saturated heterocycles. The highest BCUT2D eigenvalue weighted by Crippen LogP contribution is 2.38. The van der Waals surface area contributed by atoms with Crippen molar-refractivity contribution >= 4 is 54.8 Å². The van der Waals surface area contributed by atoms with Crippen molar-refractivity contribution in [2.24, 2.45) is 0 Å². The van der Waals surface area contributed by atoms with Crippen molar-refractivity contribution in [3.8, 4) is 0 Å². The molecule has 0 radical (unpaired) electrons. The number of thiophene rings is 1. The summed E-state index contributed by atoms with van der Waals surface area (Å²) in [5, 5.41) is 3.52. The van der Waals surface area contributed by atoms with Crippen LogP contribution in [-0.4, -0.2) is 31.9 Å². The highest BCUT2D eigenvalue weighted by molar-refractivity contribution is 7.92. The molecule has 4 rings (SSSR count). The zero-order chi connectivity index (χ0) is 25.2. The molecular weight excluding hydrogens is 486 g/mol. The van der Waals surface area contributed by atoms with Gasteiger partial charge in [-0.2, -0.15) is 0 Å². The lowest BCUT2D eigenvalue weighted by molar-refractivity contribution is 0.0533. The van der Waals surface area contributed by atoms with Gasteiger partial charge in [-0.15, -0.1) is 11.3 Å². The van der Waals surface area contributed by atoms with Gasteiger partial charge in [-0.3, -0.25) is 9.52 Å². The monoisotopic (exact) mass is 509 g/mol. The van der Waals surface area contributed by atoms with Crippen molar-refractivity contribution < 1.29 is 22.7 Å². The summed E-state index contributed by atoms with van der Waals surface area (Å²) in [4.78, 5) is 31.2. The van der Waals surface area contributed by atoms with E-state index >= 15 is 0 Å². The Morgan fingerprint density at radius 2 is 1.71 bits per heavy atom. The van der Waals surface area contributed by atoms with E-state index in [1.54, 1.807) is 25.1 Å². The fourth-order valence-corrected chi connectivity index (χ4v) is 5.82. The van der Waals surface area contributed by atoms with Crippen LogP contribution in [0.4, 0.5) is 11.4 Å². The third-order valence-corrected chi connectivity index (χ3v) is 7.60. The standard InChI is InChI=1S/C25H23N3O5S2/c1-4-33-25(30)22-21(20-15(2)14-16(3)26-24(20)34-22)27-23(29)17-10-12-18(13-11-17)28-35(31,32)19-8-6-5-7-9-19/h5-14,28H,4H2,1-3H3,(H,27,29). The van der Waals surface area contributed by atoms with E-state index < -0.39 is 21.9 Å². The maximum atomic E-state index is 13.1. The maximum absolute atomic E-state index is 13.1. The minimum absolute atomic E-state index is 0.136. The smallest absolute Gasteiger partial charge is 0.350 e. The van der Waals surface area contributed by atoms with E-state index in [-0.39, 0.29) is 16.4 Å². The molecule has 1 amide bonds. The van der Waals surface area contributed by atoms with Gasteiger partial charge >= 0.3 is 5.97 Å². The van der Waals surface area contributed by atoms with Gasteiger partial charge < -0.3 is 10.1 Å². The number of esters is 1. The number of carbonyl (C=O) groups is 2. The number of hydrogen-bond donors (Lipinski definition) is 2. The molecule has 0 saturated carbocycles. The Balaban J connectivity index is 1.61. The minimum Gasteiger partial charge on any atom is -0.462 e. The Hall–Kier alpha value is -3.76. The van der Waals surface area contributed by atoms with Crippen molar-refractivity contribution in [2.75, 3.05) is 16.6 Å². The average Bonchev–Trinajstić information content (AvgIpc) is 3.18. The molecule has 0 unspecified atom stereocenters. The Bertz CT molecular complexity index is 1510. The quantitative estimate of drug-likeness (QED) is 0.333. The van der Waals surface area contributed by atoms with Gasteiger partial charge in [-0.25, -0.2) is 18.2 Å². The zero-order valence-electron chi connectivity index (χ0n) is 19.3. The minimum atomic E-state index is -3.75. The van der Waals surface area contributed by atoms with Crippen LogP contribution in [0.25, 0.3) is 10.2 Å². The molecule has 8 nitrogen and oxygen atoms in total. The number of hydrogen-bond acceptors (Lipinski definition) is 7. The molecule has 0 aliphatic heterocycles. The molecular formula is C25H23N3O5S2. The number of rotatable bonds is 7. The summed E-state index contributed by atoms with van der Waals surface area (Å²) in [5.74, 6) is -0.985. The lowest BCUT2D eigenvalue weighted by Gasteiger charge is -2.10. The number of pyridine rings is 1. The Morgan fingerprint density at radius 3 is 2.37 bits per heavy atom. The molecule has 0 aliphatic carbocycles. The van der Waals surface area contributed by atoms with Gasteiger partial charge in [-0.1, -0.05) is 18.2 Å². The van der Waals surface area contributed by atoms with E-state index in [0.717, 1.165) is 11.3 Å². The molecule has 0 aliphatic rings. The van der Waals surface area contributed by atoms with Crippen LogP contribution in [0.2, 0.25) is 0 Å². The van der Waals surface area contributed by atoms with Crippen molar-refractivity contribution in [1.29, 1.82) is 0 Å². The molecule has 2 heterocycles.